The second-order valence-corrected chi connectivity index (χ2v) is 6.43. The van der Waals surface area contributed by atoms with Crippen molar-refractivity contribution in [3.63, 3.8) is 0 Å². The molecule has 0 aromatic heterocycles. The zero-order valence-electron chi connectivity index (χ0n) is 8.69. The Kier molecular flexibility index (Phi) is 2.43. The third-order valence-corrected chi connectivity index (χ3v) is 4.95. The number of rotatable bonds is 1. The number of halogens is 1. The lowest BCUT2D eigenvalue weighted by Crippen LogP contribution is -2.63. The molecule has 1 amide bonds. The number of amides is 1. The number of β-lactam (4-membered cyclic amide) rings is 1. The normalized spacial score (nSPS) is 37.2. The summed E-state index contributed by atoms with van der Waals surface area (Å²) in [5.41, 5.74) is 0. The van der Waals surface area contributed by atoms with Crippen LogP contribution in [0.5, 0.6) is 0 Å². The average molecular weight is 250 g/mol. The van der Waals surface area contributed by atoms with Crippen LogP contribution in [0, 0.1) is 0 Å². The highest BCUT2D eigenvalue weighted by molar-refractivity contribution is 8.01. The van der Waals surface area contributed by atoms with Crippen molar-refractivity contribution in [2.24, 2.45) is 0 Å². The zero-order valence-corrected chi connectivity index (χ0v) is 10.3. The number of thioether (sulfide) groups is 1. The summed E-state index contributed by atoms with van der Waals surface area (Å²) in [6.07, 6.45) is 0. The first-order chi connectivity index (χ1) is 6.90. The molecule has 0 N–H and O–H groups in total. The average Bonchev–Trinajstić information content (AvgIpc) is 2.45. The second kappa shape index (κ2) is 3.28. The number of hydrogen-bond acceptors (Lipinski definition) is 4. The Morgan fingerprint density at radius 2 is 2.20 bits per heavy atom. The Hall–Kier alpha value is -0.420. The minimum Gasteiger partial charge on any atom is -0.467 e. The number of hydrogen-bond donors (Lipinski definition) is 0. The fourth-order valence-electron chi connectivity index (χ4n) is 2.06. The van der Waals surface area contributed by atoms with Crippen molar-refractivity contribution in [2.45, 2.75) is 35.4 Å². The molecule has 0 aliphatic carbocycles. The van der Waals surface area contributed by atoms with Gasteiger partial charge in [0.05, 0.1) is 7.11 Å². The number of carbonyl (C=O) groups excluding carboxylic acids is 2. The molecule has 84 valence electrons. The van der Waals surface area contributed by atoms with Gasteiger partial charge < -0.3 is 9.64 Å². The summed E-state index contributed by atoms with van der Waals surface area (Å²) in [7, 11) is 1.33. The lowest BCUT2D eigenvalue weighted by molar-refractivity contribution is -0.158. The van der Waals surface area contributed by atoms with Gasteiger partial charge in [-0.05, 0) is 13.8 Å². The van der Waals surface area contributed by atoms with Crippen LogP contribution < -0.4 is 0 Å². The molecule has 2 aliphatic heterocycles. The SMILES string of the molecule is COC(=O)[C@@H]1N2C(=O)[C@H](Cl)[C@H]2SC1(C)C. The highest BCUT2D eigenvalue weighted by atomic mass is 35.5. The molecule has 6 heteroatoms. The fourth-order valence-corrected chi connectivity index (χ4v) is 3.98. The molecule has 0 aromatic rings. The maximum absolute atomic E-state index is 11.6. The minimum atomic E-state index is -0.514. The summed E-state index contributed by atoms with van der Waals surface area (Å²) in [4.78, 5) is 24.7. The molecular weight excluding hydrogens is 238 g/mol. The molecule has 0 spiro atoms. The number of nitrogens with zero attached hydrogens (tertiary/aromatic N) is 1. The van der Waals surface area contributed by atoms with E-state index in [2.05, 4.69) is 0 Å². The maximum Gasteiger partial charge on any atom is 0.330 e. The van der Waals surface area contributed by atoms with Crippen LogP contribution in [-0.2, 0) is 14.3 Å². The van der Waals surface area contributed by atoms with E-state index >= 15 is 0 Å². The molecule has 0 radical (unpaired) electrons. The van der Waals surface area contributed by atoms with Crippen molar-refractivity contribution in [1.29, 1.82) is 0 Å². The van der Waals surface area contributed by atoms with Crippen molar-refractivity contribution in [3.8, 4) is 0 Å². The molecule has 3 atom stereocenters. The number of ether oxygens (including phenoxy) is 1. The molecule has 2 heterocycles. The van der Waals surface area contributed by atoms with Gasteiger partial charge in [-0.15, -0.1) is 23.4 Å². The molecule has 4 nitrogen and oxygen atoms in total. The molecule has 0 saturated carbocycles. The van der Waals surface area contributed by atoms with Gasteiger partial charge in [0.25, 0.3) is 0 Å². The van der Waals surface area contributed by atoms with Gasteiger partial charge in [0.2, 0.25) is 5.91 Å². The Balaban J connectivity index is 2.29. The molecule has 0 bridgehead atoms. The molecule has 0 unspecified atom stereocenters. The second-order valence-electron chi connectivity index (χ2n) is 4.18. The van der Waals surface area contributed by atoms with Crippen LogP contribution in [0.1, 0.15) is 13.8 Å². The van der Waals surface area contributed by atoms with E-state index in [1.807, 2.05) is 13.8 Å². The predicted octanol–water partition coefficient (Wildman–Crippen LogP) is 0.829. The quantitative estimate of drug-likeness (QED) is 0.392. The first kappa shape index (κ1) is 11.1. The van der Waals surface area contributed by atoms with Gasteiger partial charge in [-0.2, -0.15) is 0 Å². The van der Waals surface area contributed by atoms with Crippen LogP contribution in [0.4, 0.5) is 0 Å². The summed E-state index contributed by atoms with van der Waals surface area (Å²) < 4.78 is 4.38. The summed E-state index contributed by atoms with van der Waals surface area (Å²) >= 11 is 7.43. The van der Waals surface area contributed by atoms with Crippen LogP contribution in [0.25, 0.3) is 0 Å². The largest absolute Gasteiger partial charge is 0.467 e. The smallest absolute Gasteiger partial charge is 0.330 e. The molecule has 2 rings (SSSR count). The van der Waals surface area contributed by atoms with E-state index in [-0.39, 0.29) is 22.0 Å². The summed E-state index contributed by atoms with van der Waals surface area (Å²) in [6.45, 7) is 3.85. The number of esters is 1. The van der Waals surface area contributed by atoms with Gasteiger partial charge in [0.1, 0.15) is 16.8 Å². The van der Waals surface area contributed by atoms with E-state index in [4.69, 9.17) is 16.3 Å². The van der Waals surface area contributed by atoms with Crippen LogP contribution in [0.2, 0.25) is 0 Å². The summed E-state index contributed by atoms with van der Waals surface area (Å²) in [6, 6.07) is -0.514. The molecule has 2 fully saturated rings. The molecule has 0 aromatic carbocycles. The summed E-state index contributed by atoms with van der Waals surface area (Å²) in [5.74, 6) is -0.540. The van der Waals surface area contributed by atoms with Gasteiger partial charge in [-0.25, -0.2) is 4.79 Å². The van der Waals surface area contributed by atoms with E-state index in [9.17, 15) is 9.59 Å². The highest BCUT2D eigenvalue weighted by Gasteiger charge is 2.63. The molecule has 15 heavy (non-hydrogen) atoms. The minimum absolute atomic E-state index is 0.0849. The number of fused-ring (bicyclic) bond motifs is 1. The Labute approximate surface area is 97.3 Å². The van der Waals surface area contributed by atoms with E-state index in [0.29, 0.717) is 0 Å². The Morgan fingerprint density at radius 1 is 1.60 bits per heavy atom. The Morgan fingerprint density at radius 3 is 2.73 bits per heavy atom. The van der Waals surface area contributed by atoms with Crippen molar-refractivity contribution >= 4 is 35.2 Å². The van der Waals surface area contributed by atoms with Crippen molar-refractivity contribution < 1.29 is 14.3 Å². The molecular formula is C9H12ClNO3S. The number of carbonyl (C=O) groups is 2. The molecule has 2 saturated heterocycles. The Bertz CT molecular complexity index is 333. The van der Waals surface area contributed by atoms with Crippen LogP contribution in [0.3, 0.4) is 0 Å². The topological polar surface area (TPSA) is 46.6 Å². The van der Waals surface area contributed by atoms with Gasteiger partial charge in [-0.3, -0.25) is 4.79 Å². The van der Waals surface area contributed by atoms with Crippen LogP contribution in [0.15, 0.2) is 0 Å². The first-order valence-electron chi connectivity index (χ1n) is 4.62. The van der Waals surface area contributed by atoms with Gasteiger partial charge in [0, 0.05) is 4.75 Å². The van der Waals surface area contributed by atoms with E-state index < -0.39 is 11.4 Å². The molecule has 2 aliphatic rings. The predicted molar refractivity (Wildman–Crippen MR) is 57.7 cm³/mol. The standard InChI is InChI=1S/C9H12ClNO3S/c1-9(2)5(8(13)14-3)11-6(12)4(10)7(11)15-9/h4-5,7H,1-3H3/t4-,5-,7+/m0/s1. The third kappa shape index (κ3) is 1.36. The fraction of sp³-hybridized carbons (Fsp3) is 0.778. The van der Waals surface area contributed by atoms with E-state index in [1.54, 1.807) is 11.8 Å². The van der Waals surface area contributed by atoms with Gasteiger partial charge >= 0.3 is 5.97 Å². The van der Waals surface area contributed by atoms with Crippen LogP contribution in [-0.4, -0.2) is 45.4 Å². The van der Waals surface area contributed by atoms with Crippen molar-refractivity contribution in [1.82, 2.24) is 4.90 Å². The number of methoxy groups -OCH3 is 1. The first-order valence-corrected chi connectivity index (χ1v) is 5.93. The summed E-state index contributed by atoms with van der Waals surface area (Å²) in [5, 5.41) is -0.581. The van der Waals surface area contributed by atoms with E-state index in [0.717, 1.165) is 0 Å². The lowest BCUT2D eigenvalue weighted by Gasteiger charge is -2.40. The highest BCUT2D eigenvalue weighted by Crippen LogP contribution is 2.52. The van der Waals surface area contributed by atoms with Gasteiger partial charge in [-0.1, -0.05) is 0 Å². The zero-order chi connectivity index (χ0) is 11.4. The maximum atomic E-state index is 11.6. The monoisotopic (exact) mass is 249 g/mol. The van der Waals surface area contributed by atoms with Crippen molar-refractivity contribution in [3.05, 3.63) is 0 Å². The lowest BCUT2D eigenvalue weighted by atomic mass is 9.98. The van der Waals surface area contributed by atoms with Gasteiger partial charge in [0.15, 0.2) is 0 Å². The van der Waals surface area contributed by atoms with Crippen molar-refractivity contribution in [2.75, 3.05) is 7.11 Å². The number of alkyl halides is 1. The third-order valence-electron chi connectivity index (χ3n) is 2.80. The van der Waals surface area contributed by atoms with Crippen LogP contribution >= 0.6 is 23.4 Å². The van der Waals surface area contributed by atoms with E-state index in [1.165, 1.54) is 12.0 Å².